The lowest BCUT2D eigenvalue weighted by atomic mass is 9.71. The molecule has 1 unspecified atom stereocenters. The van der Waals surface area contributed by atoms with Gasteiger partial charge in [0.15, 0.2) is 0 Å². The monoisotopic (exact) mass is 266 g/mol. The second-order valence-electron chi connectivity index (χ2n) is 6.39. The third-order valence-corrected chi connectivity index (χ3v) is 4.38. The Bertz CT molecular complexity index is 599. The minimum Gasteiger partial charge on any atom is -0.377 e. The highest BCUT2D eigenvalue weighted by atomic mass is 14.9. The van der Waals surface area contributed by atoms with E-state index in [1.54, 1.807) is 0 Å². The zero-order valence-corrected chi connectivity index (χ0v) is 12.5. The number of aryl methyl sites for hydroxylation is 1. The molecule has 2 nitrogen and oxygen atoms in total. The van der Waals surface area contributed by atoms with E-state index in [9.17, 15) is 0 Å². The van der Waals surface area contributed by atoms with Crippen molar-refractivity contribution in [3.63, 3.8) is 0 Å². The first-order chi connectivity index (χ1) is 9.56. The number of nitrogens with one attached hydrogen (secondary N) is 1. The van der Waals surface area contributed by atoms with Gasteiger partial charge in [-0.15, -0.1) is 0 Å². The Morgan fingerprint density at radius 2 is 1.95 bits per heavy atom. The molecule has 2 heteroatoms. The highest BCUT2D eigenvalue weighted by molar-refractivity contribution is 5.47. The summed E-state index contributed by atoms with van der Waals surface area (Å²) in [5.74, 6) is 0. The van der Waals surface area contributed by atoms with Crippen LogP contribution in [0.1, 0.15) is 49.6 Å². The van der Waals surface area contributed by atoms with Crippen LogP contribution in [0.4, 0.5) is 5.69 Å². The Hall–Kier alpha value is -1.83. The summed E-state index contributed by atoms with van der Waals surface area (Å²) in [5.41, 5.74) is 5.35. The Kier molecular flexibility index (Phi) is 3.25. The maximum atomic E-state index is 4.37. The molecular formula is C18H22N2. The number of nitrogens with zero attached hydrogens (tertiary/aromatic N) is 1. The third kappa shape index (κ3) is 2.43. The molecule has 20 heavy (non-hydrogen) atoms. The summed E-state index contributed by atoms with van der Waals surface area (Å²) < 4.78 is 0. The van der Waals surface area contributed by atoms with Gasteiger partial charge in [0.05, 0.1) is 17.9 Å². The first kappa shape index (κ1) is 13.2. The molecule has 1 aliphatic carbocycles. The minimum absolute atomic E-state index is 0.278. The van der Waals surface area contributed by atoms with E-state index in [4.69, 9.17) is 0 Å². The fourth-order valence-corrected chi connectivity index (χ4v) is 3.12. The molecule has 3 rings (SSSR count). The molecule has 1 heterocycles. The zero-order valence-electron chi connectivity index (χ0n) is 12.5. The molecule has 0 saturated carbocycles. The van der Waals surface area contributed by atoms with Crippen LogP contribution in [-0.4, -0.2) is 4.98 Å². The van der Waals surface area contributed by atoms with Gasteiger partial charge in [0, 0.05) is 5.69 Å². The number of rotatable bonds is 2. The van der Waals surface area contributed by atoms with Gasteiger partial charge in [-0.05, 0) is 48.4 Å². The van der Waals surface area contributed by atoms with Crippen LogP contribution < -0.4 is 5.32 Å². The van der Waals surface area contributed by atoms with Crippen LogP contribution in [0.5, 0.6) is 0 Å². The van der Waals surface area contributed by atoms with Crippen LogP contribution in [0, 0.1) is 6.92 Å². The molecule has 0 amide bonds. The fourth-order valence-electron chi connectivity index (χ4n) is 3.12. The van der Waals surface area contributed by atoms with Gasteiger partial charge < -0.3 is 5.32 Å². The fraction of sp³-hybridized carbons (Fsp3) is 0.389. The topological polar surface area (TPSA) is 24.9 Å². The van der Waals surface area contributed by atoms with E-state index in [1.807, 2.05) is 13.1 Å². The van der Waals surface area contributed by atoms with Gasteiger partial charge in [-0.2, -0.15) is 0 Å². The van der Waals surface area contributed by atoms with Crippen molar-refractivity contribution in [2.75, 3.05) is 5.32 Å². The summed E-state index contributed by atoms with van der Waals surface area (Å²) in [6.07, 6.45) is 4.30. The molecule has 0 spiro atoms. The van der Waals surface area contributed by atoms with Crippen molar-refractivity contribution in [3.8, 4) is 0 Å². The van der Waals surface area contributed by atoms with Gasteiger partial charge in [-0.3, -0.25) is 4.98 Å². The Morgan fingerprint density at radius 1 is 1.15 bits per heavy atom. The smallest absolute Gasteiger partial charge is 0.0531 e. The standard InChI is InChI=1S/C18H22N2/c1-13-8-9-14(12-19-13)20-17-10-11-18(2,3)16-7-5-4-6-15(16)17/h4-9,12,17,20H,10-11H2,1-3H3. The number of hydrogen-bond donors (Lipinski definition) is 1. The molecule has 1 N–H and O–H groups in total. The average molecular weight is 266 g/mol. The lowest BCUT2D eigenvalue weighted by Gasteiger charge is -2.37. The first-order valence-electron chi connectivity index (χ1n) is 7.35. The molecular weight excluding hydrogens is 244 g/mol. The van der Waals surface area contributed by atoms with Crippen LogP contribution in [0.25, 0.3) is 0 Å². The summed E-state index contributed by atoms with van der Waals surface area (Å²) >= 11 is 0. The van der Waals surface area contributed by atoms with Gasteiger partial charge in [0.25, 0.3) is 0 Å². The van der Waals surface area contributed by atoms with Crippen molar-refractivity contribution in [2.45, 2.75) is 45.1 Å². The minimum atomic E-state index is 0.278. The molecule has 0 radical (unpaired) electrons. The molecule has 1 aliphatic rings. The number of fused-ring (bicyclic) bond motifs is 1. The molecule has 0 aliphatic heterocycles. The van der Waals surface area contributed by atoms with E-state index in [0.717, 1.165) is 17.8 Å². The Labute approximate surface area is 121 Å². The van der Waals surface area contributed by atoms with Gasteiger partial charge in [-0.25, -0.2) is 0 Å². The van der Waals surface area contributed by atoms with Crippen molar-refractivity contribution in [1.82, 2.24) is 4.98 Å². The predicted molar refractivity (Wildman–Crippen MR) is 84.0 cm³/mol. The van der Waals surface area contributed by atoms with E-state index in [0.29, 0.717) is 6.04 Å². The summed E-state index contributed by atoms with van der Waals surface area (Å²) in [6, 6.07) is 13.4. The number of hydrogen-bond acceptors (Lipinski definition) is 2. The van der Waals surface area contributed by atoms with Crippen molar-refractivity contribution in [3.05, 3.63) is 59.4 Å². The van der Waals surface area contributed by atoms with Crippen molar-refractivity contribution in [1.29, 1.82) is 0 Å². The molecule has 104 valence electrons. The molecule has 1 atom stereocenters. The van der Waals surface area contributed by atoms with Crippen LogP contribution in [0.3, 0.4) is 0 Å². The number of aromatic nitrogens is 1. The summed E-state index contributed by atoms with van der Waals surface area (Å²) in [4.78, 5) is 4.37. The van der Waals surface area contributed by atoms with E-state index in [2.05, 4.69) is 60.5 Å². The molecule has 1 aromatic carbocycles. The zero-order chi connectivity index (χ0) is 14.2. The average Bonchev–Trinajstić information content (AvgIpc) is 2.45. The normalized spacial score (nSPS) is 20.2. The van der Waals surface area contributed by atoms with Crippen LogP contribution in [0.2, 0.25) is 0 Å². The van der Waals surface area contributed by atoms with Gasteiger partial charge in [-0.1, -0.05) is 38.1 Å². The lowest BCUT2D eigenvalue weighted by molar-refractivity contribution is 0.406. The second kappa shape index (κ2) is 4.93. The second-order valence-corrected chi connectivity index (χ2v) is 6.39. The van der Waals surface area contributed by atoms with E-state index < -0.39 is 0 Å². The summed E-state index contributed by atoms with van der Waals surface area (Å²) in [7, 11) is 0. The quantitative estimate of drug-likeness (QED) is 0.858. The van der Waals surface area contributed by atoms with Gasteiger partial charge >= 0.3 is 0 Å². The van der Waals surface area contributed by atoms with Crippen molar-refractivity contribution >= 4 is 5.69 Å². The molecule has 1 aromatic heterocycles. The van der Waals surface area contributed by atoms with Crippen LogP contribution >= 0.6 is 0 Å². The summed E-state index contributed by atoms with van der Waals surface area (Å²) in [5, 5.41) is 3.64. The van der Waals surface area contributed by atoms with Crippen molar-refractivity contribution < 1.29 is 0 Å². The Morgan fingerprint density at radius 3 is 2.70 bits per heavy atom. The molecule has 0 fully saturated rings. The van der Waals surface area contributed by atoms with E-state index in [1.165, 1.54) is 17.5 Å². The number of benzene rings is 1. The highest BCUT2D eigenvalue weighted by Gasteiger charge is 2.32. The first-order valence-corrected chi connectivity index (χ1v) is 7.35. The van der Waals surface area contributed by atoms with E-state index in [-0.39, 0.29) is 5.41 Å². The van der Waals surface area contributed by atoms with Crippen molar-refractivity contribution in [2.24, 2.45) is 0 Å². The summed E-state index contributed by atoms with van der Waals surface area (Å²) in [6.45, 7) is 6.70. The van der Waals surface area contributed by atoms with Gasteiger partial charge in [0.2, 0.25) is 0 Å². The lowest BCUT2D eigenvalue weighted by Crippen LogP contribution is -2.29. The molecule has 2 aromatic rings. The third-order valence-electron chi connectivity index (χ3n) is 4.38. The highest BCUT2D eigenvalue weighted by Crippen LogP contribution is 2.42. The van der Waals surface area contributed by atoms with Crippen LogP contribution in [-0.2, 0) is 5.41 Å². The largest absolute Gasteiger partial charge is 0.377 e. The Balaban J connectivity index is 1.90. The maximum absolute atomic E-state index is 4.37. The SMILES string of the molecule is Cc1ccc(NC2CCC(C)(C)c3ccccc32)cn1. The molecule has 0 saturated heterocycles. The van der Waals surface area contributed by atoms with E-state index >= 15 is 0 Å². The molecule has 0 bridgehead atoms. The predicted octanol–water partition coefficient (Wildman–Crippen LogP) is 4.61. The van der Waals surface area contributed by atoms with Gasteiger partial charge in [0.1, 0.15) is 0 Å². The maximum Gasteiger partial charge on any atom is 0.0531 e. The van der Waals surface area contributed by atoms with Crippen LogP contribution in [0.15, 0.2) is 42.6 Å². The number of anilines is 1. The number of pyridine rings is 1.